The number of carboxylic acid groups (broad SMARTS) is 1. The number of esters is 2. The Hall–Kier alpha value is -2.04. The summed E-state index contributed by atoms with van der Waals surface area (Å²) >= 11 is 0. The van der Waals surface area contributed by atoms with Crippen molar-refractivity contribution >= 4 is 25.7 Å². The number of carbonyl (C=O) groups is 3. The van der Waals surface area contributed by atoms with Crippen molar-refractivity contribution in [1.82, 2.24) is 0 Å². The molecule has 0 bridgehead atoms. The highest BCUT2D eigenvalue weighted by molar-refractivity contribution is 7.47. The number of carbonyl (C=O) groups excluding carboxylic acids is 2. The van der Waals surface area contributed by atoms with Crippen LogP contribution in [-0.2, 0) is 37.5 Å². The molecule has 0 aliphatic rings. The summed E-state index contributed by atoms with van der Waals surface area (Å²) in [5.74, 6) is -2.39. The van der Waals surface area contributed by atoms with Crippen LogP contribution in [0, 0.1) is 0 Å². The molecule has 0 aromatic carbocycles. The zero-order chi connectivity index (χ0) is 44.2. The molecule has 0 aromatic rings. The monoisotopic (exact) mass is 872 g/mol. The number of nitrogens with two attached hydrogens (primary N) is 1. The van der Waals surface area contributed by atoms with Gasteiger partial charge in [-0.25, -0.2) is 4.57 Å². The molecule has 0 aromatic heterocycles. The van der Waals surface area contributed by atoms with Crippen LogP contribution in [0.15, 0.2) is 24.3 Å². The quantitative estimate of drug-likeness (QED) is 0.0230. The first kappa shape index (κ1) is 58.0. The molecule has 1 unspecified atom stereocenters. The smallest absolute Gasteiger partial charge is 0.472 e. The van der Waals surface area contributed by atoms with Crippen molar-refractivity contribution in [3.05, 3.63) is 24.3 Å². The second-order valence-electron chi connectivity index (χ2n) is 16.6. The van der Waals surface area contributed by atoms with Crippen LogP contribution in [0.1, 0.15) is 232 Å². The first-order chi connectivity index (χ1) is 29.1. The minimum Gasteiger partial charge on any atom is -0.480 e. The summed E-state index contributed by atoms with van der Waals surface area (Å²) in [5, 5.41) is 8.90. The van der Waals surface area contributed by atoms with E-state index >= 15 is 0 Å². The van der Waals surface area contributed by atoms with Crippen molar-refractivity contribution in [1.29, 1.82) is 0 Å². The molecule has 11 nitrogen and oxygen atoms in total. The van der Waals surface area contributed by atoms with E-state index in [0.29, 0.717) is 12.8 Å². The molecule has 0 amide bonds. The van der Waals surface area contributed by atoms with Crippen LogP contribution >= 0.6 is 7.82 Å². The largest absolute Gasteiger partial charge is 0.480 e. The van der Waals surface area contributed by atoms with Crippen molar-refractivity contribution in [3.63, 3.8) is 0 Å². The van der Waals surface area contributed by atoms with Gasteiger partial charge in [0.25, 0.3) is 0 Å². The van der Waals surface area contributed by atoms with Gasteiger partial charge in [-0.05, 0) is 64.2 Å². The molecule has 0 fully saturated rings. The van der Waals surface area contributed by atoms with Crippen molar-refractivity contribution in [3.8, 4) is 0 Å². The normalized spacial score (nSPS) is 13.8. The van der Waals surface area contributed by atoms with Gasteiger partial charge in [-0.1, -0.05) is 179 Å². The Bertz CT molecular complexity index is 1120. The number of phosphoric ester groups is 1. The van der Waals surface area contributed by atoms with Crippen LogP contribution < -0.4 is 5.73 Å². The Morgan fingerprint density at radius 2 is 0.833 bits per heavy atom. The molecule has 0 heterocycles. The highest BCUT2D eigenvalue weighted by Gasteiger charge is 2.28. The number of ether oxygens (including phenoxy) is 2. The van der Waals surface area contributed by atoms with Gasteiger partial charge in [-0.15, -0.1) is 0 Å². The van der Waals surface area contributed by atoms with Crippen LogP contribution in [0.4, 0.5) is 0 Å². The zero-order valence-corrected chi connectivity index (χ0v) is 39.2. The number of aliphatic carboxylic acids is 1. The van der Waals surface area contributed by atoms with Crippen molar-refractivity contribution in [2.75, 3.05) is 19.8 Å². The number of hydrogen-bond donors (Lipinski definition) is 3. The number of rotatable bonds is 46. The molecule has 60 heavy (non-hydrogen) atoms. The summed E-state index contributed by atoms with van der Waals surface area (Å²) in [7, 11) is -4.72. The van der Waals surface area contributed by atoms with E-state index in [9.17, 15) is 23.8 Å². The first-order valence-electron chi connectivity index (χ1n) is 24.4. The van der Waals surface area contributed by atoms with Crippen LogP contribution in [0.25, 0.3) is 0 Å². The Morgan fingerprint density at radius 3 is 1.23 bits per heavy atom. The fourth-order valence-electron chi connectivity index (χ4n) is 6.82. The molecule has 0 saturated carbocycles. The van der Waals surface area contributed by atoms with E-state index in [0.717, 1.165) is 44.9 Å². The van der Waals surface area contributed by atoms with Gasteiger partial charge < -0.3 is 25.2 Å². The average Bonchev–Trinajstić information content (AvgIpc) is 3.22. The molecular weight excluding hydrogens is 781 g/mol. The Morgan fingerprint density at radius 1 is 0.500 bits per heavy atom. The molecular formula is C48H90NO10P. The SMILES string of the molecule is CCCCCCCC/C=C/CCCCCCCCCCCCCC(=O)OC[C@@H](COP(=O)(O)OC[C@H](N)C(=O)O)OC(=O)CCCCC/C=C/CCCCCCCCCC. The molecule has 4 N–H and O–H groups in total. The van der Waals surface area contributed by atoms with Gasteiger partial charge in [0.15, 0.2) is 6.10 Å². The highest BCUT2D eigenvalue weighted by atomic mass is 31.2. The Kier molecular flexibility index (Phi) is 42.1. The van der Waals surface area contributed by atoms with Crippen molar-refractivity contribution in [2.24, 2.45) is 5.73 Å². The van der Waals surface area contributed by atoms with Crippen LogP contribution in [0.5, 0.6) is 0 Å². The summed E-state index contributed by atoms with van der Waals surface area (Å²) in [6.07, 6.45) is 46.7. The number of hydrogen-bond acceptors (Lipinski definition) is 9. The number of unbranched alkanes of at least 4 members (excludes halogenated alkanes) is 28. The predicted octanol–water partition coefficient (Wildman–Crippen LogP) is 13.4. The predicted molar refractivity (Wildman–Crippen MR) is 245 cm³/mol. The highest BCUT2D eigenvalue weighted by Crippen LogP contribution is 2.43. The van der Waals surface area contributed by atoms with E-state index in [2.05, 4.69) is 42.7 Å². The standard InChI is InChI=1S/C48H90NO10P/c1-3-5-7-9-11-13-15-17-19-20-21-22-23-24-26-27-29-31-33-35-37-39-46(50)56-41-44(42-57-60(54,55)58-43-45(49)48(52)53)59-47(51)40-38-36-34-32-30-28-25-18-16-14-12-10-8-6-4-2/h17,19,28,30,44-45H,3-16,18,20-27,29,31-43,49H2,1-2H3,(H,52,53)(H,54,55)/b19-17+,30-28+/t44-,45-/m0/s1. The Labute approximate surface area is 366 Å². The van der Waals surface area contributed by atoms with E-state index in [-0.39, 0.29) is 19.4 Å². The van der Waals surface area contributed by atoms with Gasteiger partial charge in [0.05, 0.1) is 13.2 Å². The average molecular weight is 872 g/mol. The van der Waals surface area contributed by atoms with Gasteiger partial charge in [0.2, 0.25) is 0 Å². The molecule has 0 saturated heterocycles. The lowest BCUT2D eigenvalue weighted by atomic mass is 10.0. The second kappa shape index (κ2) is 43.6. The lowest BCUT2D eigenvalue weighted by molar-refractivity contribution is -0.161. The molecule has 0 radical (unpaired) electrons. The Balaban J connectivity index is 4.25. The van der Waals surface area contributed by atoms with Crippen LogP contribution in [0.3, 0.4) is 0 Å². The van der Waals surface area contributed by atoms with Gasteiger partial charge in [-0.2, -0.15) is 0 Å². The van der Waals surface area contributed by atoms with Crippen LogP contribution in [0.2, 0.25) is 0 Å². The zero-order valence-electron chi connectivity index (χ0n) is 38.3. The third-order valence-corrected chi connectivity index (χ3v) is 11.6. The molecule has 3 atom stereocenters. The van der Waals surface area contributed by atoms with E-state index in [1.807, 2.05) is 0 Å². The van der Waals surface area contributed by atoms with Crippen molar-refractivity contribution < 1.29 is 47.5 Å². The molecule has 0 aliphatic carbocycles. The summed E-state index contributed by atoms with van der Waals surface area (Å²) < 4.78 is 32.8. The lowest BCUT2D eigenvalue weighted by Crippen LogP contribution is -2.34. The number of carboxylic acids is 1. The first-order valence-corrected chi connectivity index (χ1v) is 25.9. The summed E-state index contributed by atoms with van der Waals surface area (Å²) in [6, 6.07) is -1.52. The second-order valence-corrected chi connectivity index (χ2v) is 18.0. The molecule has 12 heteroatoms. The number of phosphoric acid groups is 1. The number of allylic oxidation sites excluding steroid dienone is 4. The van der Waals surface area contributed by atoms with Gasteiger partial charge in [-0.3, -0.25) is 23.4 Å². The molecule has 0 aliphatic heterocycles. The maximum atomic E-state index is 12.6. The fourth-order valence-corrected chi connectivity index (χ4v) is 7.60. The minimum absolute atomic E-state index is 0.143. The third-order valence-electron chi connectivity index (χ3n) is 10.7. The van der Waals surface area contributed by atoms with Crippen LogP contribution in [-0.4, -0.2) is 59.9 Å². The summed E-state index contributed by atoms with van der Waals surface area (Å²) in [4.78, 5) is 46.1. The summed E-state index contributed by atoms with van der Waals surface area (Å²) in [5.41, 5.74) is 5.34. The van der Waals surface area contributed by atoms with E-state index in [1.54, 1.807) is 0 Å². The summed E-state index contributed by atoms with van der Waals surface area (Å²) in [6.45, 7) is 2.81. The maximum Gasteiger partial charge on any atom is 0.472 e. The third kappa shape index (κ3) is 42.6. The van der Waals surface area contributed by atoms with Gasteiger partial charge in [0, 0.05) is 12.8 Å². The van der Waals surface area contributed by atoms with E-state index in [4.69, 9.17) is 24.8 Å². The van der Waals surface area contributed by atoms with E-state index in [1.165, 1.54) is 148 Å². The molecule has 0 rings (SSSR count). The maximum absolute atomic E-state index is 12.6. The fraction of sp³-hybridized carbons (Fsp3) is 0.854. The van der Waals surface area contributed by atoms with Crippen molar-refractivity contribution in [2.45, 2.75) is 244 Å². The van der Waals surface area contributed by atoms with Gasteiger partial charge >= 0.3 is 25.7 Å². The van der Waals surface area contributed by atoms with Gasteiger partial charge in [0.1, 0.15) is 12.6 Å². The van der Waals surface area contributed by atoms with E-state index < -0.39 is 51.1 Å². The molecule has 352 valence electrons. The minimum atomic E-state index is -4.72. The lowest BCUT2D eigenvalue weighted by Gasteiger charge is -2.20. The topological polar surface area (TPSA) is 172 Å². The molecule has 0 spiro atoms.